The summed E-state index contributed by atoms with van der Waals surface area (Å²) in [6.45, 7) is 1.98. The molecule has 0 radical (unpaired) electrons. The van der Waals surface area contributed by atoms with Gasteiger partial charge in [-0.2, -0.15) is 0 Å². The van der Waals surface area contributed by atoms with Crippen molar-refractivity contribution in [2.45, 2.75) is 37.8 Å². The third-order valence-corrected chi connectivity index (χ3v) is 6.87. The lowest BCUT2D eigenvalue weighted by molar-refractivity contribution is 0.0520. The highest BCUT2D eigenvalue weighted by atomic mass is 16.5. The van der Waals surface area contributed by atoms with Gasteiger partial charge in [0.05, 0.1) is 18.1 Å². The van der Waals surface area contributed by atoms with Crippen LogP contribution in [0, 0.1) is 11.8 Å². The normalized spacial score (nSPS) is 27.5. The molecule has 0 spiro atoms. The Labute approximate surface area is 177 Å². The van der Waals surface area contributed by atoms with E-state index >= 15 is 0 Å². The van der Waals surface area contributed by atoms with E-state index in [0.29, 0.717) is 42.5 Å². The van der Waals surface area contributed by atoms with Crippen molar-refractivity contribution >= 4 is 11.7 Å². The third-order valence-electron chi connectivity index (χ3n) is 6.87. The fourth-order valence-corrected chi connectivity index (χ4v) is 5.41. The molecule has 156 valence electrons. The maximum atomic E-state index is 13.0. The van der Waals surface area contributed by atoms with E-state index in [9.17, 15) is 9.59 Å². The van der Waals surface area contributed by atoms with Gasteiger partial charge >= 0.3 is 0 Å². The van der Waals surface area contributed by atoms with Crippen molar-refractivity contribution in [1.29, 1.82) is 0 Å². The van der Waals surface area contributed by atoms with Crippen LogP contribution in [0.4, 0.5) is 0 Å². The highest BCUT2D eigenvalue weighted by Crippen LogP contribution is 2.39. The summed E-state index contributed by atoms with van der Waals surface area (Å²) in [7, 11) is 0. The molecule has 5 heteroatoms. The first-order valence-electron chi connectivity index (χ1n) is 11.0. The van der Waals surface area contributed by atoms with E-state index in [2.05, 4.69) is 10.2 Å². The van der Waals surface area contributed by atoms with Crippen LogP contribution < -0.4 is 10.1 Å². The molecular formula is C25H28N2O3. The van der Waals surface area contributed by atoms with Crippen LogP contribution in [0.1, 0.15) is 46.4 Å². The molecule has 0 aliphatic carbocycles. The Balaban J connectivity index is 1.14. The smallest absolute Gasteiger partial charge is 0.254 e. The van der Waals surface area contributed by atoms with E-state index in [1.54, 1.807) is 0 Å². The van der Waals surface area contributed by atoms with Crippen LogP contribution in [0.15, 0.2) is 54.6 Å². The highest BCUT2D eigenvalue weighted by molar-refractivity contribution is 6.01. The molecule has 3 heterocycles. The van der Waals surface area contributed by atoms with Crippen LogP contribution in [-0.4, -0.2) is 48.4 Å². The molecule has 2 bridgehead atoms. The Kier molecular flexibility index (Phi) is 5.30. The van der Waals surface area contributed by atoms with Crippen molar-refractivity contribution in [2.24, 2.45) is 11.8 Å². The Morgan fingerprint density at radius 2 is 1.67 bits per heavy atom. The number of ether oxygens (including phenoxy) is 1. The van der Waals surface area contributed by atoms with Gasteiger partial charge in [-0.1, -0.05) is 30.3 Å². The first-order chi connectivity index (χ1) is 14.7. The summed E-state index contributed by atoms with van der Waals surface area (Å²) in [4.78, 5) is 27.8. The molecule has 2 saturated heterocycles. The van der Waals surface area contributed by atoms with E-state index in [-0.39, 0.29) is 17.6 Å². The first kappa shape index (κ1) is 19.3. The van der Waals surface area contributed by atoms with Crippen LogP contribution >= 0.6 is 0 Å². The Morgan fingerprint density at radius 1 is 0.967 bits per heavy atom. The Morgan fingerprint density at radius 3 is 2.43 bits per heavy atom. The zero-order chi connectivity index (χ0) is 20.5. The number of para-hydroxylation sites is 1. The number of carbonyl (C=O) groups excluding carboxylic acids is 2. The minimum atomic E-state index is -0.128. The maximum absolute atomic E-state index is 13.0. The van der Waals surface area contributed by atoms with Crippen molar-refractivity contribution in [2.75, 3.05) is 19.7 Å². The number of rotatable bonds is 5. The summed E-state index contributed by atoms with van der Waals surface area (Å²) in [5.41, 5.74) is 1.49. The number of hydrogen-bond acceptors (Lipinski definition) is 4. The Hall–Kier alpha value is -2.66. The number of fused-ring (bicyclic) bond motifs is 3. The fraction of sp³-hybridized carbons (Fsp3) is 0.440. The van der Waals surface area contributed by atoms with Crippen molar-refractivity contribution in [3.63, 3.8) is 0 Å². The highest BCUT2D eigenvalue weighted by Gasteiger charge is 2.43. The summed E-state index contributed by atoms with van der Waals surface area (Å²) in [5.74, 6) is 1.47. The molecule has 30 heavy (non-hydrogen) atoms. The monoisotopic (exact) mass is 404 g/mol. The lowest BCUT2D eigenvalue weighted by atomic mass is 9.89. The van der Waals surface area contributed by atoms with Crippen molar-refractivity contribution < 1.29 is 14.3 Å². The molecule has 3 aliphatic heterocycles. The van der Waals surface area contributed by atoms with Gasteiger partial charge in [0.15, 0.2) is 5.78 Å². The third kappa shape index (κ3) is 3.63. The number of nitrogens with one attached hydrogen (secondary N) is 1. The van der Waals surface area contributed by atoms with Crippen LogP contribution in [0.25, 0.3) is 0 Å². The fourth-order valence-electron chi connectivity index (χ4n) is 5.41. The van der Waals surface area contributed by atoms with Crippen LogP contribution in [0.2, 0.25) is 0 Å². The second kappa shape index (κ2) is 8.23. The molecule has 5 rings (SSSR count). The number of carbonyl (C=O) groups is 2. The number of Topliss-reactive ketones (excluding diaryl/α,β-unsaturated/α-hetero) is 1. The quantitative estimate of drug-likeness (QED) is 0.828. The molecular weight excluding hydrogens is 376 g/mol. The molecule has 2 aromatic rings. The predicted octanol–water partition coefficient (Wildman–Crippen LogP) is 3.55. The van der Waals surface area contributed by atoms with Gasteiger partial charge in [-0.25, -0.2) is 0 Å². The summed E-state index contributed by atoms with van der Waals surface area (Å²) >= 11 is 0. The van der Waals surface area contributed by atoms with Gasteiger partial charge in [-0.15, -0.1) is 0 Å². The minimum Gasteiger partial charge on any atom is -0.492 e. The van der Waals surface area contributed by atoms with E-state index in [0.717, 1.165) is 37.8 Å². The standard InChI is InChI=1S/C25H28N2O3/c28-24-19(16-30-23-9-5-4-8-22(23)24)15-26-14-17-12-20-10-11-21(13-17)27(20)25(29)18-6-2-1-3-7-18/h1-9,17,19-21,26H,10-16H2. The van der Waals surface area contributed by atoms with E-state index in [1.165, 1.54) is 0 Å². The summed E-state index contributed by atoms with van der Waals surface area (Å²) < 4.78 is 5.77. The minimum absolute atomic E-state index is 0.128. The second-order valence-corrected chi connectivity index (χ2v) is 8.83. The largest absolute Gasteiger partial charge is 0.492 e. The first-order valence-corrected chi connectivity index (χ1v) is 11.0. The van der Waals surface area contributed by atoms with Crippen molar-refractivity contribution in [3.05, 3.63) is 65.7 Å². The number of amides is 1. The molecule has 1 N–H and O–H groups in total. The van der Waals surface area contributed by atoms with Crippen LogP contribution in [0.3, 0.4) is 0 Å². The van der Waals surface area contributed by atoms with Crippen LogP contribution in [0.5, 0.6) is 5.75 Å². The van der Waals surface area contributed by atoms with E-state index in [1.807, 2.05) is 54.6 Å². The van der Waals surface area contributed by atoms with Gasteiger partial charge in [-0.3, -0.25) is 9.59 Å². The summed E-state index contributed by atoms with van der Waals surface area (Å²) in [6, 6.07) is 17.8. The summed E-state index contributed by atoms with van der Waals surface area (Å²) in [6.07, 6.45) is 4.29. The van der Waals surface area contributed by atoms with Crippen LogP contribution in [-0.2, 0) is 0 Å². The number of benzene rings is 2. The molecule has 5 nitrogen and oxygen atoms in total. The Bertz CT molecular complexity index is 915. The number of hydrogen-bond donors (Lipinski definition) is 1. The predicted molar refractivity (Wildman–Crippen MR) is 115 cm³/mol. The van der Waals surface area contributed by atoms with Crippen molar-refractivity contribution in [1.82, 2.24) is 10.2 Å². The molecule has 3 aliphatic rings. The SMILES string of the molecule is O=C1c2ccccc2OCC1CNCC1CC2CCC(C1)N2C(=O)c1ccccc1. The molecule has 3 unspecified atom stereocenters. The van der Waals surface area contributed by atoms with Gasteiger partial charge in [0.1, 0.15) is 5.75 Å². The van der Waals surface area contributed by atoms with Gasteiger partial charge < -0.3 is 15.0 Å². The molecule has 2 fully saturated rings. The van der Waals surface area contributed by atoms with Gasteiger partial charge in [0.2, 0.25) is 0 Å². The lowest BCUT2D eigenvalue weighted by Crippen LogP contribution is -2.48. The van der Waals surface area contributed by atoms with Gasteiger partial charge in [0, 0.05) is 24.2 Å². The second-order valence-electron chi connectivity index (χ2n) is 8.83. The van der Waals surface area contributed by atoms with Gasteiger partial charge in [-0.05, 0) is 62.4 Å². The molecule has 2 aromatic carbocycles. The molecule has 0 aromatic heterocycles. The summed E-state index contributed by atoms with van der Waals surface area (Å²) in [5, 5.41) is 3.53. The molecule has 1 amide bonds. The van der Waals surface area contributed by atoms with E-state index in [4.69, 9.17) is 4.74 Å². The zero-order valence-corrected chi connectivity index (χ0v) is 17.1. The number of nitrogens with zero attached hydrogens (tertiary/aromatic N) is 1. The van der Waals surface area contributed by atoms with Gasteiger partial charge in [0.25, 0.3) is 5.91 Å². The lowest BCUT2D eigenvalue weighted by Gasteiger charge is -2.39. The zero-order valence-electron chi connectivity index (χ0n) is 17.1. The molecule has 0 saturated carbocycles. The number of piperidine rings is 1. The van der Waals surface area contributed by atoms with Crippen molar-refractivity contribution in [3.8, 4) is 5.75 Å². The van der Waals surface area contributed by atoms with E-state index < -0.39 is 0 Å². The average molecular weight is 405 g/mol. The average Bonchev–Trinajstić information content (AvgIpc) is 3.05. The molecule has 3 atom stereocenters. The topological polar surface area (TPSA) is 58.6 Å². The number of ketones is 1. The maximum Gasteiger partial charge on any atom is 0.254 e.